The molecule has 0 aliphatic carbocycles. The fourth-order valence-electron chi connectivity index (χ4n) is 1.39. The van der Waals surface area contributed by atoms with Gasteiger partial charge in [0.15, 0.2) is 0 Å². The van der Waals surface area contributed by atoms with E-state index in [2.05, 4.69) is 5.32 Å². The Morgan fingerprint density at radius 2 is 2.14 bits per heavy atom. The van der Waals surface area contributed by atoms with Gasteiger partial charge in [0.05, 0.1) is 6.04 Å². The highest BCUT2D eigenvalue weighted by atomic mass is 19.4. The van der Waals surface area contributed by atoms with Crippen LogP contribution >= 0.6 is 0 Å². The van der Waals surface area contributed by atoms with E-state index in [9.17, 15) is 18.0 Å². The molecule has 1 aliphatic heterocycles. The van der Waals surface area contributed by atoms with Crippen molar-refractivity contribution in [2.24, 2.45) is 0 Å². The third-order valence-corrected chi connectivity index (χ3v) is 2.09. The fourth-order valence-corrected chi connectivity index (χ4v) is 1.39. The number of rotatable bonds is 2. The highest BCUT2D eigenvalue weighted by molar-refractivity contribution is 5.81. The molecule has 1 amide bonds. The molecule has 0 aromatic carbocycles. The van der Waals surface area contributed by atoms with Gasteiger partial charge in [-0.2, -0.15) is 13.2 Å². The van der Waals surface area contributed by atoms with E-state index >= 15 is 0 Å². The second-order valence-electron chi connectivity index (χ2n) is 3.34. The summed E-state index contributed by atoms with van der Waals surface area (Å²) in [6, 6.07) is -0.453. The Morgan fingerprint density at radius 3 is 2.64 bits per heavy atom. The topological polar surface area (TPSA) is 41.1 Å². The Hall–Kier alpha value is -0.780. The van der Waals surface area contributed by atoms with Gasteiger partial charge in [-0.1, -0.05) is 6.42 Å². The van der Waals surface area contributed by atoms with Crippen molar-refractivity contribution in [1.82, 2.24) is 10.6 Å². The maximum atomic E-state index is 11.7. The van der Waals surface area contributed by atoms with Crippen LogP contribution in [0.2, 0.25) is 0 Å². The second-order valence-corrected chi connectivity index (χ2v) is 3.34. The van der Waals surface area contributed by atoms with Crippen molar-refractivity contribution in [3.8, 4) is 0 Å². The molecule has 0 aromatic rings. The molecule has 0 unspecified atom stereocenters. The summed E-state index contributed by atoms with van der Waals surface area (Å²) in [5, 5.41) is 4.74. The summed E-state index contributed by atoms with van der Waals surface area (Å²) < 4.78 is 35.2. The van der Waals surface area contributed by atoms with Crippen LogP contribution in [0.15, 0.2) is 0 Å². The third-order valence-electron chi connectivity index (χ3n) is 2.09. The van der Waals surface area contributed by atoms with E-state index in [4.69, 9.17) is 0 Å². The zero-order chi connectivity index (χ0) is 10.6. The highest BCUT2D eigenvalue weighted by Gasteiger charge is 2.29. The first-order valence-corrected chi connectivity index (χ1v) is 4.57. The molecule has 82 valence electrons. The van der Waals surface area contributed by atoms with Gasteiger partial charge < -0.3 is 10.6 Å². The van der Waals surface area contributed by atoms with Crippen molar-refractivity contribution in [2.45, 2.75) is 31.5 Å². The van der Waals surface area contributed by atoms with E-state index in [0.29, 0.717) is 13.0 Å². The van der Waals surface area contributed by atoms with Gasteiger partial charge in [0.25, 0.3) is 0 Å². The van der Waals surface area contributed by atoms with Crippen LogP contribution in [0.3, 0.4) is 0 Å². The Kier molecular flexibility index (Phi) is 3.74. The molecule has 1 saturated heterocycles. The van der Waals surface area contributed by atoms with Crippen molar-refractivity contribution in [3.05, 3.63) is 0 Å². The first-order valence-electron chi connectivity index (χ1n) is 4.57. The van der Waals surface area contributed by atoms with Gasteiger partial charge in [0.1, 0.15) is 6.54 Å². The average molecular weight is 210 g/mol. The predicted octanol–water partition coefficient (Wildman–Crippen LogP) is 0.807. The van der Waals surface area contributed by atoms with Gasteiger partial charge in [0.2, 0.25) is 5.91 Å². The maximum Gasteiger partial charge on any atom is 0.405 e. The molecule has 1 atom stereocenters. The maximum absolute atomic E-state index is 11.7. The Balaban J connectivity index is 2.27. The molecular weight excluding hydrogens is 197 g/mol. The largest absolute Gasteiger partial charge is 0.405 e. The molecule has 1 aliphatic rings. The molecular formula is C8H13F3N2O. The summed E-state index contributed by atoms with van der Waals surface area (Å²) in [6.45, 7) is -0.548. The van der Waals surface area contributed by atoms with Crippen molar-refractivity contribution in [3.63, 3.8) is 0 Å². The lowest BCUT2D eigenvalue weighted by Crippen LogP contribution is -2.48. The quantitative estimate of drug-likeness (QED) is 0.708. The number of carbonyl (C=O) groups excluding carboxylic acids is 1. The normalized spacial score (nSPS) is 23.2. The van der Waals surface area contributed by atoms with Crippen LogP contribution < -0.4 is 10.6 Å². The highest BCUT2D eigenvalue weighted by Crippen LogP contribution is 2.13. The number of halogens is 3. The molecule has 0 bridgehead atoms. The fraction of sp³-hybridized carbons (Fsp3) is 0.875. The van der Waals surface area contributed by atoms with Gasteiger partial charge in [-0.3, -0.25) is 4.79 Å². The molecule has 2 N–H and O–H groups in total. The number of hydrogen-bond donors (Lipinski definition) is 2. The summed E-state index contributed by atoms with van der Waals surface area (Å²) in [6.07, 6.45) is -1.85. The summed E-state index contributed by atoms with van der Waals surface area (Å²) >= 11 is 0. The monoisotopic (exact) mass is 210 g/mol. The van der Waals surface area contributed by atoms with Crippen LogP contribution in [0.5, 0.6) is 0 Å². The molecule has 6 heteroatoms. The number of nitrogens with one attached hydrogen (secondary N) is 2. The molecule has 1 rings (SSSR count). The summed E-state index contributed by atoms with van der Waals surface area (Å²) in [4.78, 5) is 11.2. The Morgan fingerprint density at radius 1 is 1.43 bits per heavy atom. The average Bonchev–Trinajstić information content (AvgIpc) is 2.14. The van der Waals surface area contributed by atoms with Gasteiger partial charge in [0, 0.05) is 0 Å². The van der Waals surface area contributed by atoms with E-state index in [1.807, 2.05) is 5.32 Å². The van der Waals surface area contributed by atoms with Crippen LogP contribution in [-0.2, 0) is 4.79 Å². The van der Waals surface area contributed by atoms with Crippen LogP contribution in [0.4, 0.5) is 13.2 Å². The summed E-state index contributed by atoms with van der Waals surface area (Å²) in [5.41, 5.74) is 0. The molecule has 1 fully saturated rings. The molecule has 0 aromatic heterocycles. The van der Waals surface area contributed by atoms with Gasteiger partial charge in [-0.05, 0) is 19.4 Å². The van der Waals surface area contributed by atoms with E-state index < -0.39 is 24.7 Å². The molecule has 0 saturated carbocycles. The zero-order valence-electron chi connectivity index (χ0n) is 7.66. The van der Waals surface area contributed by atoms with Gasteiger partial charge in [-0.25, -0.2) is 0 Å². The lowest BCUT2D eigenvalue weighted by atomic mass is 10.0. The van der Waals surface area contributed by atoms with Crippen molar-refractivity contribution >= 4 is 5.91 Å². The van der Waals surface area contributed by atoms with Crippen LogP contribution in [0.25, 0.3) is 0 Å². The number of carbonyl (C=O) groups is 1. The van der Waals surface area contributed by atoms with Crippen molar-refractivity contribution < 1.29 is 18.0 Å². The number of amides is 1. The van der Waals surface area contributed by atoms with Crippen LogP contribution in [-0.4, -0.2) is 31.2 Å². The standard InChI is InChI=1S/C8H13F3N2O/c9-8(10,11)5-13-7(14)6-3-1-2-4-12-6/h6,12H,1-5H2,(H,13,14)/t6-/m0/s1. The second kappa shape index (κ2) is 4.63. The summed E-state index contributed by atoms with van der Waals surface area (Å²) in [5.74, 6) is -0.554. The minimum absolute atomic E-state index is 0.453. The van der Waals surface area contributed by atoms with E-state index in [1.165, 1.54) is 0 Å². The van der Waals surface area contributed by atoms with Crippen LogP contribution in [0.1, 0.15) is 19.3 Å². The smallest absolute Gasteiger partial charge is 0.346 e. The van der Waals surface area contributed by atoms with E-state index in [0.717, 1.165) is 12.8 Å². The number of alkyl halides is 3. The molecule has 3 nitrogen and oxygen atoms in total. The first kappa shape index (κ1) is 11.3. The minimum Gasteiger partial charge on any atom is -0.346 e. The Labute approximate surface area is 80.0 Å². The van der Waals surface area contributed by atoms with Gasteiger partial charge >= 0.3 is 6.18 Å². The van der Waals surface area contributed by atoms with Crippen molar-refractivity contribution in [2.75, 3.05) is 13.1 Å². The molecule has 14 heavy (non-hydrogen) atoms. The first-order chi connectivity index (χ1) is 6.49. The SMILES string of the molecule is O=C(NCC(F)(F)F)[C@@H]1CCCCN1. The molecule has 1 heterocycles. The zero-order valence-corrected chi connectivity index (χ0v) is 7.66. The lowest BCUT2D eigenvalue weighted by Gasteiger charge is -2.22. The van der Waals surface area contributed by atoms with Gasteiger partial charge in [-0.15, -0.1) is 0 Å². The van der Waals surface area contributed by atoms with Crippen LogP contribution in [0, 0.1) is 0 Å². The minimum atomic E-state index is -4.33. The van der Waals surface area contributed by atoms with E-state index in [1.54, 1.807) is 0 Å². The lowest BCUT2D eigenvalue weighted by molar-refractivity contribution is -0.139. The number of hydrogen-bond acceptors (Lipinski definition) is 2. The third kappa shape index (κ3) is 3.95. The molecule has 0 spiro atoms. The van der Waals surface area contributed by atoms with Crippen molar-refractivity contribution in [1.29, 1.82) is 0 Å². The van der Waals surface area contributed by atoms with E-state index in [-0.39, 0.29) is 0 Å². The Bertz CT molecular complexity index is 199. The predicted molar refractivity (Wildman–Crippen MR) is 44.7 cm³/mol. The number of piperidine rings is 1. The molecule has 0 radical (unpaired) electrons. The summed E-state index contributed by atoms with van der Waals surface area (Å²) in [7, 11) is 0.